The number of carbonyl (C=O) groups excluding carboxylic acids is 2. The van der Waals surface area contributed by atoms with Crippen molar-refractivity contribution in [3.8, 4) is 0 Å². The van der Waals surface area contributed by atoms with Gasteiger partial charge in [-0.05, 0) is 50.6 Å². The van der Waals surface area contributed by atoms with E-state index in [2.05, 4.69) is 4.74 Å². The number of methoxy groups -OCH3 is 1. The smallest absolute Gasteiger partial charge is 0.337 e. The minimum absolute atomic E-state index is 0.366. The van der Waals surface area contributed by atoms with Crippen molar-refractivity contribution in [2.45, 2.75) is 26.4 Å². The molecule has 0 spiro atoms. The molecule has 5 heteroatoms. The molecule has 0 unspecified atom stereocenters. The third-order valence-electron chi connectivity index (χ3n) is 2.31. The lowest BCUT2D eigenvalue weighted by molar-refractivity contribution is -0.148. The molecule has 0 fully saturated rings. The Labute approximate surface area is 118 Å². The van der Waals surface area contributed by atoms with Crippen LogP contribution in [-0.2, 0) is 14.3 Å². The molecule has 0 aliphatic rings. The van der Waals surface area contributed by atoms with Crippen molar-refractivity contribution >= 4 is 23.7 Å². The van der Waals surface area contributed by atoms with Gasteiger partial charge in [-0.2, -0.15) is 0 Å². The van der Waals surface area contributed by atoms with E-state index in [-0.39, 0.29) is 0 Å². The van der Waals surface area contributed by atoms with Gasteiger partial charge in [0.25, 0.3) is 0 Å². The summed E-state index contributed by atoms with van der Waals surface area (Å²) in [6.45, 7) is 5.35. The van der Waals surface area contributed by atoms with E-state index in [1.807, 2.05) is 0 Å². The van der Waals surface area contributed by atoms with Gasteiger partial charge in [-0.15, -0.1) is 0 Å². The van der Waals surface area contributed by atoms with E-state index < -0.39 is 17.5 Å². The first-order valence-electron chi connectivity index (χ1n) is 6.12. The summed E-state index contributed by atoms with van der Waals surface area (Å²) in [7, 11) is 1.30. The van der Waals surface area contributed by atoms with Crippen molar-refractivity contribution in [3.05, 3.63) is 35.4 Å². The minimum atomic E-state index is -0.555. The summed E-state index contributed by atoms with van der Waals surface area (Å²) in [5.74, 6) is -0.933. The number of esters is 2. The summed E-state index contributed by atoms with van der Waals surface area (Å²) in [4.78, 5) is 23.0. The van der Waals surface area contributed by atoms with E-state index >= 15 is 0 Å². The fourth-order valence-electron chi connectivity index (χ4n) is 1.46. The zero-order valence-corrected chi connectivity index (χ0v) is 12.1. The molecule has 0 heterocycles. The molecule has 0 saturated heterocycles. The van der Waals surface area contributed by atoms with E-state index in [1.54, 1.807) is 39.0 Å². The average Bonchev–Trinajstić information content (AvgIpc) is 2.34. The predicted octanol–water partition coefficient (Wildman–Crippen LogP) is 2.41. The zero-order valence-electron chi connectivity index (χ0n) is 12.1. The SMILES string of the molecule is COC(=O)c1ccc(N)c(C=CC(=O)OC(C)(C)C)c1. The van der Waals surface area contributed by atoms with Crippen LogP contribution >= 0.6 is 0 Å². The Morgan fingerprint density at radius 1 is 1.25 bits per heavy atom. The third-order valence-corrected chi connectivity index (χ3v) is 2.31. The number of nitrogens with two attached hydrogens (primary N) is 1. The van der Waals surface area contributed by atoms with E-state index in [4.69, 9.17) is 10.5 Å². The van der Waals surface area contributed by atoms with E-state index in [1.165, 1.54) is 19.3 Å². The summed E-state index contributed by atoms with van der Waals surface area (Å²) in [5.41, 5.74) is 6.61. The fourth-order valence-corrected chi connectivity index (χ4v) is 1.46. The van der Waals surface area contributed by atoms with Crippen LogP contribution in [0.1, 0.15) is 36.7 Å². The second kappa shape index (κ2) is 6.23. The molecular formula is C15H19NO4. The number of rotatable bonds is 3. The number of ether oxygens (including phenoxy) is 2. The van der Waals surface area contributed by atoms with Gasteiger partial charge in [-0.25, -0.2) is 9.59 Å². The first-order valence-corrected chi connectivity index (χ1v) is 6.12. The standard InChI is InChI=1S/C15H19NO4/c1-15(2,3)20-13(17)8-6-10-9-11(14(18)19-4)5-7-12(10)16/h5-9H,16H2,1-4H3. The van der Waals surface area contributed by atoms with Crippen molar-refractivity contribution < 1.29 is 19.1 Å². The number of nitrogen functional groups attached to an aromatic ring is 1. The Bertz CT molecular complexity index is 541. The van der Waals surface area contributed by atoms with Gasteiger partial charge in [0.1, 0.15) is 5.60 Å². The Morgan fingerprint density at radius 3 is 2.45 bits per heavy atom. The highest BCUT2D eigenvalue weighted by Crippen LogP contribution is 2.17. The number of anilines is 1. The molecule has 1 aromatic rings. The van der Waals surface area contributed by atoms with Crippen molar-refractivity contribution in [3.63, 3.8) is 0 Å². The Hall–Kier alpha value is -2.30. The molecule has 0 aliphatic carbocycles. The van der Waals surface area contributed by atoms with E-state index in [0.29, 0.717) is 16.8 Å². The molecule has 5 nitrogen and oxygen atoms in total. The van der Waals surface area contributed by atoms with Crippen LogP contribution in [0.25, 0.3) is 6.08 Å². The van der Waals surface area contributed by atoms with E-state index in [9.17, 15) is 9.59 Å². The van der Waals surface area contributed by atoms with Crippen LogP contribution in [-0.4, -0.2) is 24.6 Å². The molecule has 0 bridgehead atoms. The molecule has 0 aromatic heterocycles. The van der Waals surface area contributed by atoms with Crippen LogP contribution in [0.4, 0.5) is 5.69 Å². The number of benzene rings is 1. The van der Waals surface area contributed by atoms with Crippen molar-refractivity contribution in [1.29, 1.82) is 0 Å². The maximum absolute atomic E-state index is 11.6. The second-order valence-electron chi connectivity index (χ2n) is 5.20. The van der Waals surface area contributed by atoms with Crippen molar-refractivity contribution in [1.82, 2.24) is 0 Å². The predicted molar refractivity (Wildman–Crippen MR) is 77.1 cm³/mol. The quantitative estimate of drug-likeness (QED) is 0.521. The molecule has 1 aromatic carbocycles. The van der Waals surface area contributed by atoms with Gasteiger partial charge in [-0.1, -0.05) is 0 Å². The summed E-state index contributed by atoms with van der Waals surface area (Å²) in [5, 5.41) is 0. The normalized spacial score (nSPS) is 11.4. The minimum Gasteiger partial charge on any atom is -0.465 e. The van der Waals surface area contributed by atoms with Gasteiger partial charge in [0.2, 0.25) is 0 Å². The lowest BCUT2D eigenvalue weighted by Gasteiger charge is -2.17. The first kappa shape index (κ1) is 15.8. The molecular weight excluding hydrogens is 258 g/mol. The van der Waals surface area contributed by atoms with E-state index in [0.717, 1.165) is 0 Å². The van der Waals surface area contributed by atoms with Crippen molar-refractivity contribution in [2.75, 3.05) is 12.8 Å². The molecule has 0 atom stereocenters. The van der Waals surface area contributed by atoms with Crippen LogP contribution in [0.5, 0.6) is 0 Å². The largest absolute Gasteiger partial charge is 0.465 e. The lowest BCUT2D eigenvalue weighted by atomic mass is 10.1. The summed E-state index contributed by atoms with van der Waals surface area (Å²) >= 11 is 0. The molecule has 108 valence electrons. The maximum atomic E-state index is 11.6. The highest BCUT2D eigenvalue weighted by molar-refractivity contribution is 5.93. The van der Waals surface area contributed by atoms with Crippen molar-refractivity contribution in [2.24, 2.45) is 0 Å². The molecule has 20 heavy (non-hydrogen) atoms. The molecule has 2 N–H and O–H groups in total. The molecule has 0 aliphatic heterocycles. The van der Waals surface area contributed by atoms with Crippen LogP contribution in [0.2, 0.25) is 0 Å². The van der Waals surface area contributed by atoms with Crippen LogP contribution < -0.4 is 5.73 Å². The monoisotopic (exact) mass is 277 g/mol. The highest BCUT2D eigenvalue weighted by Gasteiger charge is 2.14. The van der Waals surface area contributed by atoms with Gasteiger partial charge in [0.15, 0.2) is 0 Å². The molecule has 1 rings (SSSR count). The Balaban J connectivity index is 2.91. The second-order valence-corrected chi connectivity index (χ2v) is 5.20. The van der Waals surface area contributed by atoms with Gasteiger partial charge in [-0.3, -0.25) is 0 Å². The van der Waals surface area contributed by atoms with Gasteiger partial charge >= 0.3 is 11.9 Å². The number of hydrogen-bond acceptors (Lipinski definition) is 5. The summed E-state index contributed by atoms with van der Waals surface area (Å²) in [6, 6.07) is 4.70. The van der Waals surface area contributed by atoms with Gasteiger partial charge in [0, 0.05) is 11.8 Å². The third kappa shape index (κ3) is 4.76. The fraction of sp³-hybridized carbons (Fsp3) is 0.333. The zero-order chi connectivity index (χ0) is 15.3. The maximum Gasteiger partial charge on any atom is 0.337 e. The number of carbonyl (C=O) groups is 2. The molecule has 0 amide bonds. The Kier molecular flexibility index (Phi) is 4.91. The molecule has 0 radical (unpaired) electrons. The Morgan fingerprint density at radius 2 is 1.90 bits per heavy atom. The number of hydrogen-bond donors (Lipinski definition) is 1. The van der Waals surface area contributed by atoms with Crippen LogP contribution in [0.15, 0.2) is 24.3 Å². The summed E-state index contributed by atoms with van der Waals surface area (Å²) < 4.78 is 9.77. The highest BCUT2D eigenvalue weighted by atomic mass is 16.6. The van der Waals surface area contributed by atoms with Crippen LogP contribution in [0, 0.1) is 0 Å². The average molecular weight is 277 g/mol. The first-order chi connectivity index (χ1) is 9.23. The summed E-state index contributed by atoms with van der Waals surface area (Å²) in [6.07, 6.45) is 2.79. The van der Waals surface area contributed by atoms with Gasteiger partial charge in [0.05, 0.1) is 12.7 Å². The van der Waals surface area contributed by atoms with Crippen LogP contribution in [0.3, 0.4) is 0 Å². The topological polar surface area (TPSA) is 78.6 Å². The molecule has 0 saturated carbocycles. The van der Waals surface area contributed by atoms with Gasteiger partial charge < -0.3 is 15.2 Å². The lowest BCUT2D eigenvalue weighted by Crippen LogP contribution is -2.22.